The van der Waals surface area contributed by atoms with E-state index in [1.165, 1.54) is 37.7 Å². The molecule has 4 aromatic rings. The first-order valence-corrected chi connectivity index (χ1v) is 23.2. The average Bonchev–Trinajstić information content (AvgIpc) is 3.80. The van der Waals surface area contributed by atoms with Crippen molar-refractivity contribution in [2.45, 2.75) is 59.4 Å². The SMILES string of the molecule is C.C#CCBr.C#CCN1CCOCC1.Cc1cc(/C=C/CN2CCOCC2)ccc1Nc1nc(NC2CCCCC2)c2[nH]cnc2n1.Cc1cc(C#CCN2CCOCC2)ccc1N. The Kier molecular flexibility index (Phi) is 23.8. The largest absolute Gasteiger partial charge is 0.399 e. The number of aromatic amines is 1. The summed E-state index contributed by atoms with van der Waals surface area (Å²) in [6, 6.07) is 12.8. The van der Waals surface area contributed by atoms with Crippen molar-refractivity contribution in [3.05, 3.63) is 71.1 Å². The van der Waals surface area contributed by atoms with Gasteiger partial charge in [0, 0.05) is 68.8 Å². The number of morpholine rings is 3. The first kappa shape index (κ1) is 51.7. The van der Waals surface area contributed by atoms with E-state index in [1.54, 1.807) is 6.33 Å². The number of hydrogen-bond acceptors (Lipinski definition) is 12. The van der Waals surface area contributed by atoms with Gasteiger partial charge in [-0.3, -0.25) is 14.7 Å². The second-order valence-electron chi connectivity index (χ2n) is 15.7. The van der Waals surface area contributed by atoms with E-state index in [1.807, 2.05) is 25.1 Å². The van der Waals surface area contributed by atoms with Crippen molar-refractivity contribution in [2.24, 2.45) is 0 Å². The van der Waals surface area contributed by atoms with E-state index in [0.29, 0.717) is 23.0 Å². The number of anilines is 4. The van der Waals surface area contributed by atoms with Crippen LogP contribution in [-0.2, 0) is 14.2 Å². The fraction of sp³-hybridized carbons (Fsp3) is 0.500. The molecule has 0 radical (unpaired) electrons. The molecule has 4 fully saturated rings. The Hall–Kier alpha value is -4.95. The molecular formula is C50H69BrN10O3. The second kappa shape index (κ2) is 29.5. The van der Waals surface area contributed by atoms with E-state index in [9.17, 15) is 0 Å². The van der Waals surface area contributed by atoms with Crippen LogP contribution in [0.25, 0.3) is 17.2 Å². The minimum atomic E-state index is 0. The molecule has 0 bridgehead atoms. The van der Waals surface area contributed by atoms with Crippen LogP contribution in [0.2, 0.25) is 0 Å². The highest BCUT2D eigenvalue weighted by Gasteiger charge is 2.18. The number of terminal acetylenes is 2. The van der Waals surface area contributed by atoms with Crippen LogP contribution in [-0.4, -0.2) is 145 Å². The minimum Gasteiger partial charge on any atom is -0.399 e. The van der Waals surface area contributed by atoms with E-state index < -0.39 is 0 Å². The number of nitrogens with one attached hydrogen (secondary N) is 3. The molecule has 3 aliphatic heterocycles. The van der Waals surface area contributed by atoms with Gasteiger partial charge in [0.25, 0.3) is 0 Å². The van der Waals surface area contributed by atoms with Crippen LogP contribution in [0.4, 0.5) is 23.1 Å². The molecule has 14 heteroatoms. The normalized spacial score (nSPS) is 17.0. The molecule has 1 saturated carbocycles. The Morgan fingerprint density at radius 1 is 0.828 bits per heavy atom. The molecule has 5 N–H and O–H groups in total. The van der Waals surface area contributed by atoms with Crippen molar-refractivity contribution >= 4 is 56.3 Å². The molecule has 13 nitrogen and oxygen atoms in total. The highest BCUT2D eigenvalue weighted by Crippen LogP contribution is 2.27. The summed E-state index contributed by atoms with van der Waals surface area (Å²) in [5.41, 5.74) is 13.6. The van der Waals surface area contributed by atoms with Crippen molar-refractivity contribution in [1.82, 2.24) is 34.6 Å². The number of benzene rings is 2. The summed E-state index contributed by atoms with van der Waals surface area (Å²) in [5.74, 6) is 12.7. The van der Waals surface area contributed by atoms with Gasteiger partial charge >= 0.3 is 0 Å². The number of fused-ring (bicyclic) bond motifs is 1. The average molecular weight is 938 g/mol. The smallest absolute Gasteiger partial charge is 0.231 e. The number of H-pyrrole nitrogens is 1. The molecule has 8 rings (SSSR count). The number of aryl methyl sites for hydroxylation is 2. The standard InChI is InChI=1S/C25H33N7O.C14H18N2O.C7H11NO.C3H3Br.CH4/c1-18-16-19(6-5-11-32-12-14-33-15-13-32)9-10-21(18)29-25-30-23-22(26-17-27-23)24(31-25)28-20-7-3-2-4-8-20;1-12-11-13(4-5-14(12)15)3-2-6-16-7-9-17-10-8-16;1-2-3-8-4-6-9-7-5-8;1-2-3-4;/h5-6,9-10,16-17,20H,2-4,7-8,11-15H2,1H3,(H3,26,27,28,29,30,31);4-5,11H,6-10,15H2,1H3;1H,3-7H2;1H,3H2;1H4/b6-5+;;;;. The highest BCUT2D eigenvalue weighted by molar-refractivity contribution is 9.09. The summed E-state index contributed by atoms with van der Waals surface area (Å²) in [7, 11) is 0. The maximum Gasteiger partial charge on any atom is 0.231 e. The van der Waals surface area contributed by atoms with Crippen molar-refractivity contribution in [3.8, 4) is 36.5 Å². The van der Waals surface area contributed by atoms with Crippen LogP contribution in [0.3, 0.4) is 0 Å². The zero-order valence-electron chi connectivity index (χ0n) is 37.1. The van der Waals surface area contributed by atoms with Crippen molar-refractivity contribution < 1.29 is 14.2 Å². The number of alkyl halides is 1. The summed E-state index contributed by atoms with van der Waals surface area (Å²) < 4.78 is 15.8. The number of nitrogens with two attached hydrogens (primary N) is 1. The Balaban J connectivity index is 0.000000240. The molecule has 344 valence electrons. The third-order valence-corrected chi connectivity index (χ3v) is 11.2. The van der Waals surface area contributed by atoms with E-state index in [4.69, 9.17) is 37.8 Å². The molecule has 0 unspecified atom stereocenters. The summed E-state index contributed by atoms with van der Waals surface area (Å²) in [4.78, 5) is 23.9. The van der Waals surface area contributed by atoms with Crippen LogP contribution in [0, 0.1) is 50.4 Å². The Morgan fingerprint density at radius 2 is 1.47 bits per heavy atom. The predicted octanol–water partition coefficient (Wildman–Crippen LogP) is 7.36. The topological polar surface area (TPSA) is 142 Å². The number of aromatic nitrogens is 4. The van der Waals surface area contributed by atoms with Gasteiger partial charge in [-0.15, -0.1) is 12.8 Å². The maximum atomic E-state index is 5.76. The van der Waals surface area contributed by atoms with E-state index >= 15 is 0 Å². The monoisotopic (exact) mass is 936 g/mol. The molecule has 4 aliphatic rings. The lowest BCUT2D eigenvalue weighted by Crippen LogP contribution is -2.36. The predicted molar refractivity (Wildman–Crippen MR) is 268 cm³/mol. The Morgan fingerprint density at radius 3 is 2.08 bits per heavy atom. The third-order valence-electron chi connectivity index (χ3n) is 10.9. The Labute approximate surface area is 390 Å². The van der Waals surface area contributed by atoms with E-state index in [2.05, 4.69) is 117 Å². The number of ether oxygens (including phenoxy) is 3. The van der Waals surface area contributed by atoms with Crippen LogP contribution in [0.1, 0.15) is 61.8 Å². The zero-order chi connectivity index (χ0) is 44.5. The molecule has 0 atom stereocenters. The molecule has 3 saturated heterocycles. The van der Waals surface area contributed by atoms with Gasteiger partial charge < -0.3 is 35.6 Å². The van der Waals surface area contributed by atoms with Crippen LogP contribution in [0.5, 0.6) is 0 Å². The van der Waals surface area contributed by atoms with Gasteiger partial charge in [0.15, 0.2) is 11.5 Å². The number of nitrogens with zero attached hydrogens (tertiary/aromatic N) is 6. The van der Waals surface area contributed by atoms with Gasteiger partial charge in [-0.05, 0) is 73.7 Å². The lowest BCUT2D eigenvalue weighted by atomic mass is 9.95. The number of imidazole rings is 1. The molecular weight excluding hydrogens is 869 g/mol. The summed E-state index contributed by atoms with van der Waals surface area (Å²) in [5, 5.41) is 7.69. The van der Waals surface area contributed by atoms with Gasteiger partial charge in [-0.1, -0.05) is 84.5 Å². The first-order chi connectivity index (χ1) is 30.8. The van der Waals surface area contributed by atoms with Crippen molar-refractivity contribution in [1.29, 1.82) is 0 Å². The van der Waals surface area contributed by atoms with Gasteiger partial charge in [0.1, 0.15) is 5.52 Å². The van der Waals surface area contributed by atoms with Crippen LogP contribution >= 0.6 is 15.9 Å². The summed E-state index contributed by atoms with van der Waals surface area (Å²) in [6.07, 6.45) is 22.2. The lowest BCUT2D eigenvalue weighted by Gasteiger charge is -2.25. The molecule has 1 aliphatic carbocycles. The number of halogens is 1. The van der Waals surface area contributed by atoms with Gasteiger partial charge in [-0.2, -0.15) is 9.97 Å². The van der Waals surface area contributed by atoms with E-state index in [0.717, 1.165) is 138 Å². The Bertz CT molecular complexity index is 2150. The molecule has 2 aromatic carbocycles. The van der Waals surface area contributed by atoms with Crippen LogP contribution < -0.4 is 16.4 Å². The molecule has 64 heavy (non-hydrogen) atoms. The molecule has 0 spiro atoms. The first-order valence-electron chi connectivity index (χ1n) is 22.0. The number of hydrogen-bond donors (Lipinski definition) is 4. The summed E-state index contributed by atoms with van der Waals surface area (Å²) in [6.45, 7) is 17.6. The number of nitrogen functional groups attached to an aromatic ring is 1. The van der Waals surface area contributed by atoms with Gasteiger partial charge in [0.2, 0.25) is 5.95 Å². The molecule has 5 heterocycles. The highest BCUT2D eigenvalue weighted by atomic mass is 79.9. The van der Waals surface area contributed by atoms with Gasteiger partial charge in [-0.25, -0.2) is 4.98 Å². The zero-order valence-corrected chi connectivity index (χ0v) is 38.7. The second-order valence-corrected chi connectivity index (χ2v) is 16.2. The quantitative estimate of drug-likeness (QED) is 0.0758. The lowest BCUT2D eigenvalue weighted by molar-refractivity contribution is 0.0435. The van der Waals surface area contributed by atoms with E-state index in [-0.39, 0.29) is 7.43 Å². The fourth-order valence-electron chi connectivity index (χ4n) is 7.26. The molecule has 2 aromatic heterocycles. The van der Waals surface area contributed by atoms with Gasteiger partial charge in [0.05, 0.1) is 64.4 Å². The molecule has 0 amide bonds. The maximum absolute atomic E-state index is 5.76. The fourth-order valence-corrected chi connectivity index (χ4v) is 7.26. The van der Waals surface area contributed by atoms with Crippen molar-refractivity contribution in [2.75, 3.05) is 120 Å². The summed E-state index contributed by atoms with van der Waals surface area (Å²) >= 11 is 3.01. The van der Waals surface area contributed by atoms with Crippen LogP contribution in [0.15, 0.2) is 48.8 Å². The minimum absolute atomic E-state index is 0. The number of rotatable bonds is 9. The van der Waals surface area contributed by atoms with Crippen molar-refractivity contribution in [3.63, 3.8) is 0 Å². The third kappa shape index (κ3) is 18.3.